The average molecular weight is 252 g/mol. The molecule has 2 rings (SSSR count). The molecule has 1 saturated carbocycles. The molecule has 4 nitrogen and oxygen atoms in total. The van der Waals surface area contributed by atoms with Gasteiger partial charge in [0.15, 0.2) is 5.78 Å². The lowest BCUT2D eigenvalue weighted by molar-refractivity contribution is -0.152. The van der Waals surface area contributed by atoms with Crippen molar-refractivity contribution < 1.29 is 19.1 Å². The fraction of sp³-hybridized carbons (Fsp3) is 0.417. The minimum atomic E-state index is -0.823. The van der Waals surface area contributed by atoms with E-state index in [1.54, 1.807) is 0 Å². The Bertz CT molecular complexity index is 449. The van der Waals surface area contributed by atoms with Crippen molar-refractivity contribution in [1.82, 2.24) is 0 Å². The summed E-state index contributed by atoms with van der Waals surface area (Å²) in [6.07, 6.45) is 0.0909. The van der Waals surface area contributed by atoms with Gasteiger partial charge in [-0.05, 0) is 11.4 Å². The van der Waals surface area contributed by atoms with Crippen molar-refractivity contribution in [3.63, 3.8) is 0 Å². The molecule has 1 aliphatic carbocycles. The zero-order chi connectivity index (χ0) is 12.4. The van der Waals surface area contributed by atoms with Crippen LogP contribution in [0.4, 0.5) is 0 Å². The van der Waals surface area contributed by atoms with E-state index in [0.717, 1.165) is 4.88 Å². The number of hydrogen-bond donors (Lipinski definition) is 0. The number of thiophene rings is 1. The summed E-state index contributed by atoms with van der Waals surface area (Å²) in [5.74, 6) is -2.14. The molecule has 1 fully saturated rings. The summed E-state index contributed by atoms with van der Waals surface area (Å²) < 4.78 is 4.66. The van der Waals surface area contributed by atoms with Gasteiger partial charge < -0.3 is 4.74 Å². The molecule has 0 saturated heterocycles. The lowest BCUT2D eigenvalue weighted by Gasteiger charge is -2.26. The summed E-state index contributed by atoms with van der Waals surface area (Å²) in [7, 11) is 1.26. The van der Waals surface area contributed by atoms with Crippen LogP contribution in [0.5, 0.6) is 0 Å². The third kappa shape index (κ3) is 2.29. The molecule has 1 aromatic rings. The Kier molecular flexibility index (Phi) is 3.38. The Hall–Kier alpha value is -1.49. The molecular weight excluding hydrogens is 240 g/mol. The van der Waals surface area contributed by atoms with E-state index in [4.69, 9.17) is 0 Å². The summed E-state index contributed by atoms with van der Waals surface area (Å²) in [6, 6.07) is 3.69. The van der Waals surface area contributed by atoms with Gasteiger partial charge in [0.2, 0.25) is 0 Å². The molecule has 17 heavy (non-hydrogen) atoms. The molecule has 0 aromatic carbocycles. The van der Waals surface area contributed by atoms with E-state index in [2.05, 4.69) is 4.74 Å². The minimum Gasteiger partial charge on any atom is -0.468 e. The molecule has 0 bridgehead atoms. The highest BCUT2D eigenvalue weighted by molar-refractivity contribution is 7.10. The SMILES string of the molecule is COC(=O)[C@H]1C(=O)CC(=O)C[C@H]1c1cccs1. The first-order valence-corrected chi connectivity index (χ1v) is 6.17. The van der Waals surface area contributed by atoms with Crippen LogP contribution in [-0.4, -0.2) is 24.6 Å². The lowest BCUT2D eigenvalue weighted by Crippen LogP contribution is -2.37. The molecule has 0 aliphatic heterocycles. The summed E-state index contributed by atoms with van der Waals surface area (Å²) in [5.41, 5.74) is 0. The van der Waals surface area contributed by atoms with Crippen molar-refractivity contribution in [1.29, 1.82) is 0 Å². The maximum Gasteiger partial charge on any atom is 0.316 e. The topological polar surface area (TPSA) is 60.4 Å². The van der Waals surface area contributed by atoms with Gasteiger partial charge in [-0.3, -0.25) is 14.4 Å². The Morgan fingerprint density at radius 1 is 1.47 bits per heavy atom. The Morgan fingerprint density at radius 3 is 2.82 bits per heavy atom. The van der Waals surface area contributed by atoms with Crippen LogP contribution in [0, 0.1) is 5.92 Å². The smallest absolute Gasteiger partial charge is 0.316 e. The van der Waals surface area contributed by atoms with Gasteiger partial charge in [-0.25, -0.2) is 0 Å². The standard InChI is InChI=1S/C12H12O4S/c1-16-12(15)11-8(10-3-2-4-17-10)5-7(13)6-9(11)14/h2-4,8,11H,5-6H2,1H3/t8-,11+/m0/s1. The van der Waals surface area contributed by atoms with Crippen LogP contribution in [-0.2, 0) is 19.1 Å². The van der Waals surface area contributed by atoms with Gasteiger partial charge >= 0.3 is 5.97 Å². The Labute approximate surface area is 103 Å². The van der Waals surface area contributed by atoms with Crippen molar-refractivity contribution in [2.24, 2.45) is 5.92 Å². The van der Waals surface area contributed by atoms with Crippen LogP contribution in [0.2, 0.25) is 0 Å². The summed E-state index contributed by atoms with van der Waals surface area (Å²) in [6.45, 7) is 0. The lowest BCUT2D eigenvalue weighted by atomic mass is 9.77. The molecule has 0 spiro atoms. The number of ketones is 2. The first-order chi connectivity index (χ1) is 8.13. The third-order valence-electron chi connectivity index (χ3n) is 2.93. The van der Waals surface area contributed by atoms with Crippen molar-refractivity contribution in [3.05, 3.63) is 22.4 Å². The molecule has 2 atom stereocenters. The van der Waals surface area contributed by atoms with E-state index < -0.39 is 11.9 Å². The number of hydrogen-bond acceptors (Lipinski definition) is 5. The fourth-order valence-electron chi connectivity index (χ4n) is 2.15. The van der Waals surface area contributed by atoms with E-state index in [1.165, 1.54) is 18.4 Å². The first-order valence-electron chi connectivity index (χ1n) is 5.29. The number of Topliss-reactive ketones (excluding diaryl/α,β-unsaturated/α-hetero) is 2. The van der Waals surface area contributed by atoms with Gasteiger partial charge in [-0.15, -0.1) is 11.3 Å². The number of esters is 1. The zero-order valence-corrected chi connectivity index (χ0v) is 10.2. The van der Waals surface area contributed by atoms with Crippen LogP contribution < -0.4 is 0 Å². The van der Waals surface area contributed by atoms with E-state index in [1.807, 2.05) is 17.5 Å². The first kappa shape index (κ1) is 12.0. The molecule has 0 N–H and O–H groups in total. The van der Waals surface area contributed by atoms with Crippen molar-refractivity contribution in [3.8, 4) is 0 Å². The Balaban J connectivity index is 2.34. The van der Waals surface area contributed by atoms with Crippen molar-refractivity contribution in [2.75, 3.05) is 7.11 Å². The number of ether oxygens (including phenoxy) is 1. The predicted octanol–water partition coefficient (Wildman–Crippen LogP) is 1.55. The third-order valence-corrected chi connectivity index (χ3v) is 3.94. The summed E-state index contributed by atoms with van der Waals surface area (Å²) in [5, 5.41) is 1.87. The van der Waals surface area contributed by atoms with Gasteiger partial charge in [-0.1, -0.05) is 6.07 Å². The molecule has 0 unspecified atom stereocenters. The molecule has 1 aromatic heterocycles. The number of carbonyl (C=O) groups is 3. The number of methoxy groups -OCH3 is 1. The molecule has 0 radical (unpaired) electrons. The normalized spacial score (nSPS) is 24.8. The quantitative estimate of drug-likeness (QED) is 0.592. The minimum absolute atomic E-state index is 0.103. The van der Waals surface area contributed by atoms with Gasteiger partial charge in [0, 0.05) is 17.2 Å². The van der Waals surface area contributed by atoms with Crippen LogP contribution in [0.15, 0.2) is 17.5 Å². The molecular formula is C12H12O4S. The van der Waals surface area contributed by atoms with E-state index in [-0.39, 0.29) is 30.3 Å². The van der Waals surface area contributed by atoms with Gasteiger partial charge in [0.1, 0.15) is 11.7 Å². The zero-order valence-electron chi connectivity index (χ0n) is 9.34. The van der Waals surface area contributed by atoms with Crippen LogP contribution in [0.3, 0.4) is 0 Å². The van der Waals surface area contributed by atoms with Gasteiger partial charge in [0.05, 0.1) is 13.5 Å². The molecule has 0 amide bonds. The largest absolute Gasteiger partial charge is 0.468 e. The molecule has 1 aliphatic rings. The van der Waals surface area contributed by atoms with Crippen molar-refractivity contribution in [2.45, 2.75) is 18.8 Å². The highest BCUT2D eigenvalue weighted by atomic mass is 32.1. The summed E-state index contributed by atoms with van der Waals surface area (Å²) in [4.78, 5) is 35.8. The average Bonchev–Trinajstić information content (AvgIpc) is 2.80. The Morgan fingerprint density at radius 2 is 2.24 bits per heavy atom. The fourth-order valence-corrected chi connectivity index (χ4v) is 3.02. The van der Waals surface area contributed by atoms with E-state index in [0.29, 0.717) is 0 Å². The van der Waals surface area contributed by atoms with Crippen LogP contribution in [0.25, 0.3) is 0 Å². The number of carbonyl (C=O) groups excluding carboxylic acids is 3. The second kappa shape index (κ2) is 4.79. The highest BCUT2D eigenvalue weighted by Crippen LogP contribution is 2.37. The molecule has 1 heterocycles. The molecule has 5 heteroatoms. The van der Waals surface area contributed by atoms with Crippen LogP contribution in [0.1, 0.15) is 23.6 Å². The maximum atomic E-state index is 11.8. The molecule has 90 valence electrons. The van der Waals surface area contributed by atoms with E-state index >= 15 is 0 Å². The predicted molar refractivity (Wildman–Crippen MR) is 61.8 cm³/mol. The second-order valence-corrected chi connectivity index (χ2v) is 4.99. The highest BCUT2D eigenvalue weighted by Gasteiger charge is 2.42. The van der Waals surface area contributed by atoms with Crippen LogP contribution >= 0.6 is 11.3 Å². The second-order valence-electron chi connectivity index (χ2n) is 4.01. The monoisotopic (exact) mass is 252 g/mol. The van der Waals surface area contributed by atoms with E-state index in [9.17, 15) is 14.4 Å². The van der Waals surface area contributed by atoms with Crippen molar-refractivity contribution >= 4 is 28.9 Å². The van der Waals surface area contributed by atoms with Gasteiger partial charge in [0.25, 0.3) is 0 Å². The maximum absolute atomic E-state index is 11.8. The number of rotatable bonds is 2. The summed E-state index contributed by atoms with van der Waals surface area (Å²) >= 11 is 1.45. The van der Waals surface area contributed by atoms with Gasteiger partial charge in [-0.2, -0.15) is 0 Å².